The summed E-state index contributed by atoms with van der Waals surface area (Å²) in [4.78, 5) is 17.4. The second-order valence-electron chi connectivity index (χ2n) is 8.49. The molecule has 7 nitrogen and oxygen atoms in total. The van der Waals surface area contributed by atoms with Crippen LogP contribution < -0.4 is 19.7 Å². The Labute approximate surface area is 206 Å². The van der Waals surface area contributed by atoms with Crippen LogP contribution in [0.4, 0.5) is 11.4 Å². The van der Waals surface area contributed by atoms with Crippen LogP contribution in [-0.4, -0.2) is 56.3 Å². The summed E-state index contributed by atoms with van der Waals surface area (Å²) >= 11 is 0. The third-order valence-corrected chi connectivity index (χ3v) is 5.98. The van der Waals surface area contributed by atoms with E-state index in [9.17, 15) is 9.90 Å². The van der Waals surface area contributed by atoms with E-state index in [0.29, 0.717) is 23.6 Å². The first-order chi connectivity index (χ1) is 17.0. The van der Waals surface area contributed by atoms with E-state index in [1.54, 1.807) is 24.3 Å². The molecule has 3 aromatic carbocycles. The van der Waals surface area contributed by atoms with Crippen molar-refractivity contribution in [1.29, 1.82) is 0 Å². The molecule has 0 unspecified atom stereocenters. The van der Waals surface area contributed by atoms with Crippen LogP contribution in [0.3, 0.4) is 0 Å². The van der Waals surface area contributed by atoms with E-state index < -0.39 is 0 Å². The molecule has 1 aliphatic heterocycles. The van der Waals surface area contributed by atoms with E-state index in [1.165, 1.54) is 13.2 Å². The maximum absolute atomic E-state index is 12.7. The number of hydrogen-bond donors (Lipinski definition) is 2. The normalized spacial score (nSPS) is 14.2. The molecule has 2 N–H and O–H groups in total. The molecule has 1 aliphatic rings. The van der Waals surface area contributed by atoms with Crippen LogP contribution in [0.5, 0.6) is 17.2 Å². The van der Waals surface area contributed by atoms with Gasteiger partial charge >= 0.3 is 0 Å². The van der Waals surface area contributed by atoms with Crippen molar-refractivity contribution in [2.45, 2.75) is 6.61 Å². The highest BCUT2D eigenvalue weighted by Gasteiger charge is 2.16. The molecule has 0 aromatic heterocycles. The molecule has 0 spiro atoms. The summed E-state index contributed by atoms with van der Waals surface area (Å²) in [7, 11) is 3.63. The van der Waals surface area contributed by atoms with Crippen LogP contribution in [0.1, 0.15) is 11.1 Å². The molecule has 35 heavy (non-hydrogen) atoms. The Morgan fingerprint density at radius 1 is 1.03 bits per heavy atom. The number of nitrogens with zero attached hydrogens (tertiary/aromatic N) is 2. The van der Waals surface area contributed by atoms with E-state index in [1.807, 2.05) is 42.5 Å². The fourth-order valence-corrected chi connectivity index (χ4v) is 3.92. The van der Waals surface area contributed by atoms with Crippen molar-refractivity contribution >= 4 is 23.4 Å². The predicted octanol–water partition coefficient (Wildman–Crippen LogP) is 4.38. The summed E-state index contributed by atoms with van der Waals surface area (Å²) in [6.45, 7) is 4.27. The molecule has 0 radical (unpaired) electrons. The highest BCUT2D eigenvalue weighted by atomic mass is 16.5. The lowest BCUT2D eigenvalue weighted by molar-refractivity contribution is -0.111. The van der Waals surface area contributed by atoms with Crippen LogP contribution in [0.25, 0.3) is 6.08 Å². The zero-order valence-electron chi connectivity index (χ0n) is 20.1. The number of rotatable bonds is 8. The highest BCUT2D eigenvalue weighted by molar-refractivity contribution is 6.02. The van der Waals surface area contributed by atoms with Crippen molar-refractivity contribution in [3.05, 3.63) is 83.9 Å². The van der Waals surface area contributed by atoms with E-state index in [0.717, 1.165) is 43.2 Å². The fraction of sp³-hybridized carbons (Fsp3) is 0.250. The number of carbonyl (C=O) groups excluding carboxylic acids is 1. The second-order valence-corrected chi connectivity index (χ2v) is 8.49. The van der Waals surface area contributed by atoms with Crippen molar-refractivity contribution in [2.24, 2.45) is 0 Å². The van der Waals surface area contributed by atoms with E-state index in [2.05, 4.69) is 28.2 Å². The molecule has 1 saturated heterocycles. The van der Waals surface area contributed by atoms with Crippen molar-refractivity contribution in [3.8, 4) is 17.2 Å². The number of hydrogen-bond acceptors (Lipinski definition) is 6. The van der Waals surface area contributed by atoms with Gasteiger partial charge in [0.25, 0.3) is 0 Å². The van der Waals surface area contributed by atoms with Crippen LogP contribution >= 0.6 is 0 Å². The number of piperazine rings is 1. The molecule has 3 aromatic rings. The van der Waals surface area contributed by atoms with E-state index in [-0.39, 0.29) is 11.7 Å². The summed E-state index contributed by atoms with van der Waals surface area (Å²) in [5, 5.41) is 12.9. The Hall–Kier alpha value is -3.97. The van der Waals surface area contributed by atoms with E-state index in [4.69, 9.17) is 9.47 Å². The number of likely N-dealkylation sites (N-methyl/N-ethyl adjacent to an activating group) is 1. The number of phenols is 1. The average Bonchev–Trinajstić information content (AvgIpc) is 2.88. The molecule has 1 amide bonds. The van der Waals surface area contributed by atoms with Crippen LogP contribution in [-0.2, 0) is 11.4 Å². The third-order valence-electron chi connectivity index (χ3n) is 5.98. The van der Waals surface area contributed by atoms with Gasteiger partial charge in [0.15, 0.2) is 11.5 Å². The molecule has 0 atom stereocenters. The molecule has 182 valence electrons. The Morgan fingerprint density at radius 3 is 2.51 bits per heavy atom. The number of phenolic OH excluding ortho intramolecular Hbond substituents is 1. The zero-order chi connectivity index (χ0) is 24.6. The van der Waals surface area contributed by atoms with Gasteiger partial charge in [0.2, 0.25) is 5.91 Å². The summed E-state index contributed by atoms with van der Waals surface area (Å²) in [6, 6.07) is 20.7. The Balaban J connectivity index is 1.50. The lowest BCUT2D eigenvalue weighted by Crippen LogP contribution is -2.44. The number of carbonyl (C=O) groups is 1. The topological polar surface area (TPSA) is 74.3 Å². The molecular weight excluding hydrogens is 442 g/mol. The first-order valence-corrected chi connectivity index (χ1v) is 11.6. The van der Waals surface area contributed by atoms with Gasteiger partial charge in [-0.3, -0.25) is 4.79 Å². The molecule has 1 heterocycles. The third kappa shape index (κ3) is 6.55. The minimum atomic E-state index is -0.270. The minimum absolute atomic E-state index is 0.0231. The van der Waals surface area contributed by atoms with Crippen LogP contribution in [0, 0.1) is 0 Å². The second kappa shape index (κ2) is 11.4. The van der Waals surface area contributed by atoms with Gasteiger partial charge in [-0.2, -0.15) is 0 Å². The van der Waals surface area contributed by atoms with Crippen molar-refractivity contribution < 1.29 is 19.4 Å². The Morgan fingerprint density at radius 2 is 1.80 bits per heavy atom. The number of benzene rings is 3. The van der Waals surface area contributed by atoms with Crippen LogP contribution in [0.15, 0.2) is 72.8 Å². The molecule has 1 fully saturated rings. The number of para-hydroxylation sites is 1. The van der Waals surface area contributed by atoms with E-state index >= 15 is 0 Å². The minimum Gasteiger partial charge on any atom is -0.504 e. The van der Waals surface area contributed by atoms with Gasteiger partial charge in [0.1, 0.15) is 12.4 Å². The van der Waals surface area contributed by atoms with Crippen LogP contribution in [0.2, 0.25) is 0 Å². The van der Waals surface area contributed by atoms with Gasteiger partial charge in [-0.05, 0) is 61.2 Å². The van der Waals surface area contributed by atoms with Gasteiger partial charge in [0.05, 0.1) is 7.11 Å². The molecule has 0 bridgehead atoms. The molecule has 0 aliphatic carbocycles. The first kappa shape index (κ1) is 24.2. The number of amides is 1. The molecule has 0 saturated carbocycles. The lowest BCUT2D eigenvalue weighted by atomic mass is 10.1. The smallest absolute Gasteiger partial charge is 0.248 e. The fourth-order valence-electron chi connectivity index (χ4n) is 3.92. The summed E-state index contributed by atoms with van der Waals surface area (Å²) in [5.74, 6) is 0.910. The molecule has 7 heteroatoms. The number of aromatic hydroxyl groups is 1. The Bertz CT molecular complexity index is 1170. The summed E-state index contributed by atoms with van der Waals surface area (Å²) in [6.07, 6.45) is 3.09. The van der Waals surface area contributed by atoms with Gasteiger partial charge in [-0.25, -0.2) is 0 Å². The van der Waals surface area contributed by atoms with Gasteiger partial charge in [-0.15, -0.1) is 0 Å². The number of methoxy groups -OCH3 is 1. The van der Waals surface area contributed by atoms with Crippen molar-refractivity contribution in [1.82, 2.24) is 4.90 Å². The first-order valence-electron chi connectivity index (χ1n) is 11.6. The monoisotopic (exact) mass is 473 g/mol. The SMILES string of the molecule is COc1ccc(C=CC(=O)Nc2ccc(N3CCN(C)CC3)cc2COc2ccccc2)cc1O. The standard InChI is InChI=1S/C28H31N3O4/c1-30-14-16-31(17-15-30)23-10-11-25(22(19-23)20-35-24-6-4-3-5-7-24)29-28(33)13-9-21-8-12-27(34-2)26(32)18-21/h3-13,18-19,32H,14-17,20H2,1-2H3,(H,29,33). The highest BCUT2D eigenvalue weighted by Crippen LogP contribution is 2.28. The molecular formula is C28H31N3O4. The quantitative estimate of drug-likeness (QED) is 0.473. The number of ether oxygens (including phenoxy) is 2. The number of anilines is 2. The zero-order valence-corrected chi connectivity index (χ0v) is 20.1. The number of nitrogens with one attached hydrogen (secondary N) is 1. The van der Waals surface area contributed by atoms with Gasteiger partial charge in [-0.1, -0.05) is 24.3 Å². The van der Waals surface area contributed by atoms with Crippen molar-refractivity contribution in [3.63, 3.8) is 0 Å². The Kier molecular flexibility index (Phi) is 7.90. The maximum Gasteiger partial charge on any atom is 0.248 e. The largest absolute Gasteiger partial charge is 0.504 e. The average molecular weight is 474 g/mol. The summed E-state index contributed by atoms with van der Waals surface area (Å²) < 4.78 is 11.1. The maximum atomic E-state index is 12.7. The lowest BCUT2D eigenvalue weighted by Gasteiger charge is -2.34. The summed E-state index contributed by atoms with van der Waals surface area (Å²) in [5.41, 5.74) is 3.41. The predicted molar refractivity (Wildman–Crippen MR) is 139 cm³/mol. The van der Waals surface area contributed by atoms with Gasteiger partial charge < -0.3 is 29.7 Å². The molecule has 4 rings (SSSR count). The van der Waals surface area contributed by atoms with Gasteiger partial charge in [0, 0.05) is 49.2 Å². The van der Waals surface area contributed by atoms with Crippen molar-refractivity contribution in [2.75, 3.05) is 50.6 Å².